The van der Waals surface area contributed by atoms with Crippen LogP contribution in [0.3, 0.4) is 0 Å². The molecule has 0 rings (SSSR count). The highest BCUT2D eigenvalue weighted by Gasteiger charge is 2.03. The van der Waals surface area contributed by atoms with Crippen LogP contribution in [0.25, 0.3) is 0 Å². The molecule has 2 N–H and O–H groups in total. The van der Waals surface area contributed by atoms with Gasteiger partial charge in [-0.25, -0.2) is 0 Å². The number of nitrogens with one attached hydrogen (secondary N) is 1. The van der Waals surface area contributed by atoms with Gasteiger partial charge in [0.15, 0.2) is 0 Å². The molecule has 0 aliphatic heterocycles. The van der Waals surface area contributed by atoms with Gasteiger partial charge in [0.1, 0.15) is 0 Å². The Bertz CT molecular complexity index is 244. The van der Waals surface area contributed by atoms with Crippen LogP contribution in [0.4, 0.5) is 0 Å². The third kappa shape index (κ3) is 14.8. The summed E-state index contributed by atoms with van der Waals surface area (Å²) < 4.78 is 5.39. The lowest BCUT2D eigenvalue weighted by Gasteiger charge is -2.06. The maximum absolute atomic E-state index is 11.2. The lowest BCUT2D eigenvalue weighted by Crippen LogP contribution is -2.27. The quantitative estimate of drug-likeness (QED) is 0.505. The fourth-order valence-electron chi connectivity index (χ4n) is 1.66. The molecule has 0 heterocycles. The number of amides is 1. The van der Waals surface area contributed by atoms with E-state index >= 15 is 0 Å². The Morgan fingerprint density at radius 2 is 1.68 bits per heavy atom. The summed E-state index contributed by atoms with van der Waals surface area (Å²) in [6.07, 6.45) is 7.32. The van der Waals surface area contributed by atoms with Gasteiger partial charge in [-0.15, -0.1) is 0 Å². The van der Waals surface area contributed by atoms with Crippen molar-refractivity contribution in [2.24, 2.45) is 0 Å². The predicted molar refractivity (Wildman–Crippen MR) is 74.1 cm³/mol. The first-order valence-corrected chi connectivity index (χ1v) is 7.23. The van der Waals surface area contributed by atoms with Crippen LogP contribution < -0.4 is 5.32 Å². The lowest BCUT2D eigenvalue weighted by atomic mass is 10.1. The first-order chi connectivity index (χ1) is 9.16. The van der Waals surface area contributed by atoms with Crippen molar-refractivity contribution in [2.75, 3.05) is 19.8 Å². The lowest BCUT2D eigenvalue weighted by molar-refractivity contribution is -0.138. The molecule has 0 fully saturated rings. The highest BCUT2D eigenvalue weighted by atomic mass is 16.5. The Labute approximate surface area is 115 Å². The van der Waals surface area contributed by atoms with Gasteiger partial charge in [-0.2, -0.15) is 0 Å². The van der Waals surface area contributed by atoms with Gasteiger partial charge in [0.2, 0.25) is 5.91 Å². The van der Waals surface area contributed by atoms with Crippen LogP contribution in [0.2, 0.25) is 0 Å². The Balaban J connectivity index is 3.13. The first-order valence-electron chi connectivity index (χ1n) is 7.23. The Kier molecular flexibility index (Phi) is 12.6. The van der Waals surface area contributed by atoms with E-state index in [1.54, 1.807) is 0 Å². The summed E-state index contributed by atoms with van der Waals surface area (Å²) in [6.45, 7) is 3.88. The first kappa shape index (κ1) is 17.9. The molecule has 5 nitrogen and oxygen atoms in total. The zero-order chi connectivity index (χ0) is 14.3. The number of carbonyl (C=O) groups is 2. The van der Waals surface area contributed by atoms with Crippen LogP contribution in [0.15, 0.2) is 0 Å². The molecule has 0 unspecified atom stereocenters. The molecule has 0 spiro atoms. The van der Waals surface area contributed by atoms with Gasteiger partial charge in [-0.1, -0.05) is 39.0 Å². The molecule has 0 aromatic carbocycles. The highest BCUT2D eigenvalue weighted by Crippen LogP contribution is 2.04. The predicted octanol–water partition coefficient (Wildman–Crippen LogP) is 2.34. The van der Waals surface area contributed by atoms with E-state index in [9.17, 15) is 9.59 Å². The van der Waals surface area contributed by atoms with E-state index in [2.05, 4.69) is 12.2 Å². The van der Waals surface area contributed by atoms with Gasteiger partial charge < -0.3 is 15.2 Å². The average molecular weight is 273 g/mol. The van der Waals surface area contributed by atoms with Crippen LogP contribution in [0.1, 0.15) is 58.3 Å². The number of carboxylic acid groups (broad SMARTS) is 1. The standard InChI is InChI=1S/C14H27NO4/c1-2-3-4-5-6-7-11-19-12-10-15-13(16)8-9-14(17)18/h2-12H2,1H3,(H,15,16)(H,17,18). The molecular weight excluding hydrogens is 246 g/mol. The van der Waals surface area contributed by atoms with Crippen molar-refractivity contribution in [1.29, 1.82) is 0 Å². The van der Waals surface area contributed by atoms with Gasteiger partial charge in [0, 0.05) is 19.6 Å². The summed E-state index contributed by atoms with van der Waals surface area (Å²) in [7, 11) is 0. The Morgan fingerprint density at radius 3 is 2.37 bits per heavy atom. The van der Waals surface area contributed by atoms with Gasteiger partial charge in [0.05, 0.1) is 13.0 Å². The minimum Gasteiger partial charge on any atom is -0.481 e. The minimum atomic E-state index is -0.950. The fraction of sp³-hybridized carbons (Fsp3) is 0.857. The zero-order valence-corrected chi connectivity index (χ0v) is 12.0. The van der Waals surface area contributed by atoms with Gasteiger partial charge >= 0.3 is 5.97 Å². The molecule has 0 atom stereocenters. The molecule has 112 valence electrons. The van der Waals surface area contributed by atoms with Crippen molar-refractivity contribution in [2.45, 2.75) is 58.3 Å². The van der Waals surface area contributed by atoms with Gasteiger partial charge in [0.25, 0.3) is 0 Å². The second-order valence-corrected chi connectivity index (χ2v) is 4.62. The van der Waals surface area contributed by atoms with E-state index in [-0.39, 0.29) is 18.7 Å². The molecule has 0 saturated heterocycles. The second-order valence-electron chi connectivity index (χ2n) is 4.62. The van der Waals surface area contributed by atoms with E-state index in [1.807, 2.05) is 0 Å². The number of hydrogen-bond donors (Lipinski definition) is 2. The van der Waals surface area contributed by atoms with E-state index in [0.717, 1.165) is 13.0 Å². The summed E-state index contributed by atoms with van der Waals surface area (Å²) in [5.74, 6) is -1.18. The number of hydrogen-bond acceptors (Lipinski definition) is 3. The summed E-state index contributed by atoms with van der Waals surface area (Å²) in [5, 5.41) is 11.0. The molecule has 1 amide bonds. The van der Waals surface area contributed by atoms with Crippen LogP contribution in [0, 0.1) is 0 Å². The molecule has 0 aliphatic carbocycles. The Morgan fingerprint density at radius 1 is 1.00 bits per heavy atom. The number of ether oxygens (including phenoxy) is 1. The van der Waals surface area contributed by atoms with Crippen molar-refractivity contribution < 1.29 is 19.4 Å². The van der Waals surface area contributed by atoms with Crippen molar-refractivity contribution in [1.82, 2.24) is 5.32 Å². The smallest absolute Gasteiger partial charge is 0.303 e. The maximum atomic E-state index is 11.2. The molecule has 0 radical (unpaired) electrons. The Hall–Kier alpha value is -1.10. The fourth-order valence-corrected chi connectivity index (χ4v) is 1.66. The van der Waals surface area contributed by atoms with Crippen LogP contribution >= 0.6 is 0 Å². The third-order valence-electron chi connectivity index (χ3n) is 2.78. The summed E-state index contributed by atoms with van der Waals surface area (Å²) in [4.78, 5) is 21.4. The van der Waals surface area contributed by atoms with Gasteiger partial charge in [-0.05, 0) is 6.42 Å². The summed E-state index contributed by atoms with van der Waals surface area (Å²) >= 11 is 0. The zero-order valence-electron chi connectivity index (χ0n) is 12.0. The van der Waals surface area contributed by atoms with Crippen molar-refractivity contribution in [3.05, 3.63) is 0 Å². The number of carboxylic acids is 1. The van der Waals surface area contributed by atoms with Crippen molar-refractivity contribution >= 4 is 11.9 Å². The van der Waals surface area contributed by atoms with E-state index in [0.29, 0.717) is 13.2 Å². The summed E-state index contributed by atoms with van der Waals surface area (Å²) in [5.41, 5.74) is 0. The summed E-state index contributed by atoms with van der Waals surface area (Å²) in [6, 6.07) is 0. The van der Waals surface area contributed by atoms with Crippen molar-refractivity contribution in [3.63, 3.8) is 0 Å². The van der Waals surface area contributed by atoms with Gasteiger partial charge in [-0.3, -0.25) is 9.59 Å². The third-order valence-corrected chi connectivity index (χ3v) is 2.78. The molecule has 0 bridgehead atoms. The monoisotopic (exact) mass is 273 g/mol. The van der Waals surface area contributed by atoms with Crippen LogP contribution in [-0.4, -0.2) is 36.7 Å². The normalized spacial score (nSPS) is 10.4. The largest absolute Gasteiger partial charge is 0.481 e. The minimum absolute atomic E-state index is 0.0345. The molecule has 0 saturated carbocycles. The molecule has 5 heteroatoms. The topological polar surface area (TPSA) is 75.6 Å². The van der Waals surface area contributed by atoms with Crippen molar-refractivity contribution in [3.8, 4) is 0 Å². The van der Waals surface area contributed by atoms with Crippen LogP contribution in [-0.2, 0) is 14.3 Å². The number of unbranched alkanes of at least 4 members (excludes halogenated alkanes) is 5. The molecular formula is C14H27NO4. The number of carbonyl (C=O) groups excluding carboxylic acids is 1. The highest BCUT2D eigenvalue weighted by molar-refractivity contribution is 5.80. The average Bonchev–Trinajstić information content (AvgIpc) is 2.38. The van der Waals surface area contributed by atoms with Crippen LogP contribution in [0.5, 0.6) is 0 Å². The second kappa shape index (κ2) is 13.3. The SMILES string of the molecule is CCCCCCCCOCCNC(=O)CCC(=O)O. The number of aliphatic carboxylic acids is 1. The van der Waals surface area contributed by atoms with E-state index in [4.69, 9.17) is 9.84 Å². The molecule has 0 aromatic rings. The molecule has 19 heavy (non-hydrogen) atoms. The van der Waals surface area contributed by atoms with E-state index < -0.39 is 5.97 Å². The molecule has 0 aromatic heterocycles. The molecule has 0 aliphatic rings. The number of rotatable bonds is 13. The van der Waals surface area contributed by atoms with E-state index in [1.165, 1.54) is 32.1 Å². The maximum Gasteiger partial charge on any atom is 0.303 e.